The molecule has 20 heavy (non-hydrogen) atoms. The Morgan fingerprint density at radius 3 is 2.75 bits per heavy atom. The number of nitrogens with zero attached hydrogens (tertiary/aromatic N) is 1. The summed E-state index contributed by atoms with van der Waals surface area (Å²) in [6.07, 6.45) is 4.05. The Kier molecular flexibility index (Phi) is 4.34. The number of nitrogens with one attached hydrogen (secondary N) is 1. The maximum atomic E-state index is 5.35. The fraction of sp³-hybridized carbons (Fsp3) is 0.625. The van der Waals surface area contributed by atoms with E-state index >= 15 is 0 Å². The Morgan fingerprint density at radius 2 is 2.15 bits per heavy atom. The topological polar surface area (TPSA) is 24.5 Å². The van der Waals surface area contributed by atoms with Crippen molar-refractivity contribution in [2.45, 2.75) is 31.3 Å². The van der Waals surface area contributed by atoms with Crippen molar-refractivity contribution >= 4 is 15.9 Å². The van der Waals surface area contributed by atoms with Crippen molar-refractivity contribution in [3.8, 4) is 5.75 Å². The predicted octanol–water partition coefficient (Wildman–Crippen LogP) is 3.20. The molecule has 0 amide bonds. The molecule has 1 aromatic rings. The van der Waals surface area contributed by atoms with Gasteiger partial charge in [-0.1, -0.05) is 6.07 Å². The van der Waals surface area contributed by atoms with Gasteiger partial charge in [0.05, 0.1) is 11.6 Å². The molecular formula is C16H23BrN2O. The van der Waals surface area contributed by atoms with Gasteiger partial charge in [0.1, 0.15) is 5.75 Å². The van der Waals surface area contributed by atoms with E-state index < -0.39 is 0 Å². The van der Waals surface area contributed by atoms with Crippen LogP contribution in [-0.4, -0.2) is 38.2 Å². The van der Waals surface area contributed by atoms with Gasteiger partial charge < -0.3 is 10.1 Å². The fourth-order valence-corrected chi connectivity index (χ4v) is 4.06. The first-order valence-corrected chi connectivity index (χ1v) is 8.27. The lowest BCUT2D eigenvalue weighted by Gasteiger charge is -2.29. The molecule has 3 nitrogen and oxygen atoms in total. The van der Waals surface area contributed by atoms with E-state index in [0.29, 0.717) is 12.0 Å². The number of hydrogen-bond donors (Lipinski definition) is 1. The van der Waals surface area contributed by atoms with E-state index in [1.165, 1.54) is 31.4 Å². The maximum Gasteiger partial charge on any atom is 0.133 e. The zero-order chi connectivity index (χ0) is 14.1. The number of hydrogen-bond acceptors (Lipinski definition) is 3. The second kappa shape index (κ2) is 6.04. The van der Waals surface area contributed by atoms with Gasteiger partial charge in [0, 0.05) is 12.1 Å². The molecular weight excluding hydrogens is 316 g/mol. The molecule has 1 heterocycles. The zero-order valence-corrected chi connectivity index (χ0v) is 13.8. The van der Waals surface area contributed by atoms with Crippen molar-refractivity contribution in [3.63, 3.8) is 0 Å². The van der Waals surface area contributed by atoms with Crippen LogP contribution in [-0.2, 0) is 0 Å². The van der Waals surface area contributed by atoms with Gasteiger partial charge in [-0.15, -0.1) is 0 Å². The highest BCUT2D eigenvalue weighted by Crippen LogP contribution is 2.45. The van der Waals surface area contributed by atoms with Crippen LogP contribution in [0, 0.1) is 5.92 Å². The third kappa shape index (κ3) is 2.74. The van der Waals surface area contributed by atoms with Crippen LogP contribution in [0.5, 0.6) is 5.75 Å². The average Bonchev–Trinajstić information content (AvgIpc) is 3.21. The molecule has 2 aliphatic rings. The van der Waals surface area contributed by atoms with Crippen molar-refractivity contribution in [2.75, 3.05) is 27.2 Å². The van der Waals surface area contributed by atoms with Gasteiger partial charge in [0.25, 0.3) is 0 Å². The number of rotatable bonds is 5. The molecule has 0 spiro atoms. The standard InChI is InChI=1S/C16H23BrN2O/c1-18-10-12-7-8-19(13-4-5-13)16(12)11-3-6-15(20-2)14(17)9-11/h3,6,9,12-13,16,18H,4-5,7-8,10H2,1-2H3. The molecule has 0 bridgehead atoms. The number of benzene rings is 1. The normalized spacial score (nSPS) is 26.9. The molecule has 0 aromatic heterocycles. The van der Waals surface area contributed by atoms with Gasteiger partial charge in [-0.2, -0.15) is 0 Å². The van der Waals surface area contributed by atoms with E-state index in [1.807, 2.05) is 0 Å². The first-order chi connectivity index (χ1) is 9.74. The Balaban J connectivity index is 1.88. The average molecular weight is 339 g/mol. The van der Waals surface area contributed by atoms with Crippen LogP contribution >= 0.6 is 15.9 Å². The summed E-state index contributed by atoms with van der Waals surface area (Å²) < 4.78 is 6.41. The molecule has 1 N–H and O–H groups in total. The molecule has 2 unspecified atom stereocenters. The van der Waals surface area contributed by atoms with E-state index in [9.17, 15) is 0 Å². The summed E-state index contributed by atoms with van der Waals surface area (Å²) >= 11 is 3.63. The minimum absolute atomic E-state index is 0.553. The summed E-state index contributed by atoms with van der Waals surface area (Å²) in [7, 11) is 3.77. The van der Waals surface area contributed by atoms with Crippen molar-refractivity contribution in [3.05, 3.63) is 28.2 Å². The summed E-state index contributed by atoms with van der Waals surface area (Å²) in [6, 6.07) is 7.93. The molecule has 1 aromatic carbocycles. The lowest BCUT2D eigenvalue weighted by atomic mass is 9.93. The summed E-state index contributed by atoms with van der Waals surface area (Å²) in [6.45, 7) is 2.34. The van der Waals surface area contributed by atoms with Gasteiger partial charge in [-0.05, 0) is 78.9 Å². The summed E-state index contributed by atoms with van der Waals surface area (Å²) in [5.74, 6) is 1.62. The van der Waals surface area contributed by atoms with Crippen LogP contribution in [0.3, 0.4) is 0 Å². The van der Waals surface area contributed by atoms with Gasteiger partial charge in [-0.25, -0.2) is 0 Å². The Hall–Kier alpha value is -0.580. The molecule has 110 valence electrons. The fourth-order valence-electron chi connectivity index (χ4n) is 3.50. The SMILES string of the molecule is CNCC1CCN(C2CC2)C1c1ccc(OC)c(Br)c1. The smallest absolute Gasteiger partial charge is 0.133 e. The Morgan fingerprint density at radius 1 is 1.35 bits per heavy atom. The number of methoxy groups -OCH3 is 1. The van der Waals surface area contributed by atoms with E-state index in [2.05, 4.69) is 51.4 Å². The second-order valence-electron chi connectivity index (χ2n) is 5.91. The number of halogens is 1. The van der Waals surface area contributed by atoms with Gasteiger partial charge >= 0.3 is 0 Å². The molecule has 2 atom stereocenters. The first kappa shape index (κ1) is 14.4. The molecule has 4 heteroatoms. The van der Waals surface area contributed by atoms with Crippen molar-refractivity contribution < 1.29 is 4.74 Å². The van der Waals surface area contributed by atoms with E-state index in [1.54, 1.807) is 7.11 Å². The first-order valence-electron chi connectivity index (χ1n) is 7.48. The van der Waals surface area contributed by atoms with E-state index in [0.717, 1.165) is 22.8 Å². The Labute approximate surface area is 129 Å². The van der Waals surface area contributed by atoms with Crippen molar-refractivity contribution in [1.29, 1.82) is 0 Å². The highest BCUT2D eigenvalue weighted by atomic mass is 79.9. The molecule has 1 saturated heterocycles. The van der Waals surface area contributed by atoms with Crippen molar-refractivity contribution in [1.82, 2.24) is 10.2 Å². The molecule has 1 aliphatic carbocycles. The van der Waals surface area contributed by atoms with E-state index in [-0.39, 0.29) is 0 Å². The molecule has 2 fully saturated rings. The van der Waals surface area contributed by atoms with Crippen LogP contribution in [0.1, 0.15) is 30.9 Å². The zero-order valence-electron chi connectivity index (χ0n) is 12.2. The summed E-state index contributed by atoms with van der Waals surface area (Å²) in [4.78, 5) is 2.72. The van der Waals surface area contributed by atoms with Crippen LogP contribution in [0.2, 0.25) is 0 Å². The summed E-state index contributed by atoms with van der Waals surface area (Å²) in [5, 5.41) is 3.36. The van der Waals surface area contributed by atoms with Crippen LogP contribution in [0.25, 0.3) is 0 Å². The van der Waals surface area contributed by atoms with Crippen LogP contribution in [0.15, 0.2) is 22.7 Å². The highest BCUT2D eigenvalue weighted by molar-refractivity contribution is 9.10. The minimum Gasteiger partial charge on any atom is -0.496 e. The predicted molar refractivity (Wildman–Crippen MR) is 85.2 cm³/mol. The van der Waals surface area contributed by atoms with E-state index in [4.69, 9.17) is 4.74 Å². The van der Waals surface area contributed by atoms with Gasteiger partial charge in [0.2, 0.25) is 0 Å². The number of ether oxygens (including phenoxy) is 1. The van der Waals surface area contributed by atoms with Gasteiger partial charge in [-0.3, -0.25) is 4.90 Å². The maximum absolute atomic E-state index is 5.35. The molecule has 3 rings (SSSR count). The third-order valence-electron chi connectivity index (χ3n) is 4.56. The largest absolute Gasteiger partial charge is 0.496 e. The van der Waals surface area contributed by atoms with Crippen LogP contribution in [0.4, 0.5) is 0 Å². The lowest BCUT2D eigenvalue weighted by Crippen LogP contribution is -2.30. The molecule has 1 saturated carbocycles. The Bertz CT molecular complexity index is 476. The second-order valence-corrected chi connectivity index (χ2v) is 6.77. The lowest BCUT2D eigenvalue weighted by molar-refractivity contribution is 0.217. The third-order valence-corrected chi connectivity index (χ3v) is 5.18. The molecule has 1 aliphatic heterocycles. The monoisotopic (exact) mass is 338 g/mol. The molecule has 0 radical (unpaired) electrons. The van der Waals surface area contributed by atoms with Gasteiger partial charge in [0.15, 0.2) is 0 Å². The summed E-state index contributed by atoms with van der Waals surface area (Å²) in [5.41, 5.74) is 1.42. The van der Waals surface area contributed by atoms with Crippen molar-refractivity contribution in [2.24, 2.45) is 5.92 Å². The minimum atomic E-state index is 0.553. The highest BCUT2D eigenvalue weighted by Gasteiger charge is 2.42. The number of likely N-dealkylation sites (tertiary alicyclic amines) is 1. The quantitative estimate of drug-likeness (QED) is 0.892. The van der Waals surface area contributed by atoms with Crippen LogP contribution < -0.4 is 10.1 Å².